The molecule has 7 nitrogen and oxygen atoms in total. The molecule has 0 radical (unpaired) electrons. The van der Waals surface area contributed by atoms with E-state index in [4.69, 9.17) is 9.88 Å². The van der Waals surface area contributed by atoms with Crippen LogP contribution in [-0.2, 0) is 29.8 Å². The fourth-order valence-electron chi connectivity index (χ4n) is 3.67. The number of amides is 1. The molecule has 0 spiro atoms. The molecule has 1 amide bonds. The molecule has 3 rings (SSSR count). The molecule has 1 aliphatic carbocycles. The SMILES string of the molecule is CC(OC(=O)C1(c2cccc(F)c2)CCCC1)C(=O)Nc1ccc(S(N)(=O)=O)cc1. The van der Waals surface area contributed by atoms with E-state index in [-0.39, 0.29) is 4.90 Å². The van der Waals surface area contributed by atoms with Crippen molar-refractivity contribution in [1.29, 1.82) is 0 Å². The van der Waals surface area contributed by atoms with Gasteiger partial charge in [0.2, 0.25) is 10.0 Å². The summed E-state index contributed by atoms with van der Waals surface area (Å²) in [5, 5.41) is 7.61. The summed E-state index contributed by atoms with van der Waals surface area (Å²) in [5.74, 6) is -1.56. The third-order valence-corrected chi connectivity index (χ3v) is 6.26. The summed E-state index contributed by atoms with van der Waals surface area (Å²) in [6, 6.07) is 11.2. The lowest BCUT2D eigenvalue weighted by atomic mass is 9.79. The van der Waals surface area contributed by atoms with Crippen molar-refractivity contribution < 1.29 is 27.1 Å². The molecule has 0 heterocycles. The summed E-state index contributed by atoms with van der Waals surface area (Å²) in [7, 11) is -3.83. The van der Waals surface area contributed by atoms with Crippen molar-refractivity contribution >= 4 is 27.6 Å². The van der Waals surface area contributed by atoms with E-state index < -0.39 is 39.2 Å². The molecule has 30 heavy (non-hydrogen) atoms. The lowest BCUT2D eigenvalue weighted by Gasteiger charge is -2.28. The van der Waals surface area contributed by atoms with Crippen LogP contribution in [0.15, 0.2) is 53.4 Å². The van der Waals surface area contributed by atoms with Gasteiger partial charge in [-0.2, -0.15) is 0 Å². The molecule has 0 saturated heterocycles. The number of benzene rings is 2. The summed E-state index contributed by atoms with van der Waals surface area (Å²) in [6.07, 6.45) is 1.57. The van der Waals surface area contributed by atoms with Crippen LogP contribution in [-0.4, -0.2) is 26.4 Å². The lowest BCUT2D eigenvalue weighted by Crippen LogP contribution is -2.40. The van der Waals surface area contributed by atoms with Gasteiger partial charge < -0.3 is 10.1 Å². The molecule has 3 N–H and O–H groups in total. The molecular weight excluding hydrogens is 411 g/mol. The first-order valence-corrected chi connectivity index (χ1v) is 11.1. The van der Waals surface area contributed by atoms with Crippen molar-refractivity contribution in [1.82, 2.24) is 0 Å². The zero-order chi connectivity index (χ0) is 21.9. The predicted octanol–water partition coefficient (Wildman–Crippen LogP) is 2.86. The van der Waals surface area contributed by atoms with Crippen molar-refractivity contribution in [3.8, 4) is 0 Å². The van der Waals surface area contributed by atoms with Gasteiger partial charge in [-0.15, -0.1) is 0 Å². The number of esters is 1. The topological polar surface area (TPSA) is 116 Å². The summed E-state index contributed by atoms with van der Waals surface area (Å²) < 4.78 is 41.8. The van der Waals surface area contributed by atoms with Crippen LogP contribution in [0.3, 0.4) is 0 Å². The average Bonchev–Trinajstić information content (AvgIpc) is 3.19. The van der Waals surface area contributed by atoms with Gasteiger partial charge in [0.15, 0.2) is 6.10 Å². The summed E-state index contributed by atoms with van der Waals surface area (Å²) in [4.78, 5) is 25.4. The normalized spacial score (nSPS) is 16.6. The largest absolute Gasteiger partial charge is 0.452 e. The predicted molar refractivity (Wildman–Crippen MR) is 109 cm³/mol. The number of hydrogen-bond donors (Lipinski definition) is 2. The molecule has 1 saturated carbocycles. The van der Waals surface area contributed by atoms with Crippen molar-refractivity contribution in [2.45, 2.75) is 49.0 Å². The minimum atomic E-state index is -3.83. The Morgan fingerprint density at radius 3 is 2.33 bits per heavy atom. The second kappa shape index (κ2) is 8.53. The van der Waals surface area contributed by atoms with Crippen LogP contribution in [0.25, 0.3) is 0 Å². The average molecular weight is 434 g/mol. The highest BCUT2D eigenvalue weighted by molar-refractivity contribution is 7.89. The van der Waals surface area contributed by atoms with Crippen LogP contribution in [0, 0.1) is 5.82 Å². The van der Waals surface area contributed by atoms with Crippen molar-refractivity contribution in [2.24, 2.45) is 5.14 Å². The number of carbonyl (C=O) groups excluding carboxylic acids is 2. The zero-order valence-electron chi connectivity index (χ0n) is 16.4. The van der Waals surface area contributed by atoms with Crippen LogP contribution < -0.4 is 10.5 Å². The molecule has 1 aliphatic rings. The van der Waals surface area contributed by atoms with Crippen LogP contribution in [0.4, 0.5) is 10.1 Å². The van der Waals surface area contributed by atoms with Gasteiger partial charge in [0.05, 0.1) is 10.3 Å². The Bertz CT molecular complexity index is 1050. The van der Waals surface area contributed by atoms with Gasteiger partial charge in [-0.05, 0) is 61.7 Å². The van der Waals surface area contributed by atoms with Crippen molar-refractivity contribution in [3.63, 3.8) is 0 Å². The van der Waals surface area contributed by atoms with E-state index in [2.05, 4.69) is 5.32 Å². The fourth-order valence-corrected chi connectivity index (χ4v) is 4.19. The number of anilines is 1. The van der Waals surface area contributed by atoms with Crippen molar-refractivity contribution in [3.05, 3.63) is 59.9 Å². The number of sulfonamides is 1. The van der Waals surface area contributed by atoms with Gasteiger partial charge >= 0.3 is 5.97 Å². The van der Waals surface area contributed by atoms with Crippen LogP contribution >= 0.6 is 0 Å². The molecule has 0 aromatic heterocycles. The number of primary sulfonamides is 1. The van der Waals surface area contributed by atoms with E-state index >= 15 is 0 Å². The molecule has 1 fully saturated rings. The minimum absolute atomic E-state index is 0.0850. The first-order valence-electron chi connectivity index (χ1n) is 9.53. The number of halogens is 1. The Kier molecular flexibility index (Phi) is 6.23. The van der Waals surface area contributed by atoms with E-state index in [0.29, 0.717) is 24.1 Å². The highest BCUT2D eigenvalue weighted by Crippen LogP contribution is 2.42. The molecule has 9 heteroatoms. The molecule has 0 aliphatic heterocycles. The minimum Gasteiger partial charge on any atom is -0.452 e. The number of nitrogens with two attached hydrogens (primary N) is 1. The number of hydrogen-bond acceptors (Lipinski definition) is 5. The standard InChI is InChI=1S/C21H23FN2O5S/c1-14(19(25)24-17-7-9-18(10-8-17)30(23,27)28)29-20(26)21(11-2-3-12-21)15-5-4-6-16(22)13-15/h4-10,13-14H,2-3,11-12H2,1H3,(H,24,25)(H2,23,27,28). The lowest BCUT2D eigenvalue weighted by molar-refractivity contribution is -0.159. The Morgan fingerprint density at radius 1 is 1.13 bits per heavy atom. The molecule has 1 atom stereocenters. The maximum atomic E-state index is 13.7. The smallest absolute Gasteiger partial charge is 0.317 e. The zero-order valence-corrected chi connectivity index (χ0v) is 17.2. The Morgan fingerprint density at radius 2 is 1.77 bits per heavy atom. The monoisotopic (exact) mass is 434 g/mol. The summed E-state index contributed by atoms with van der Waals surface area (Å²) >= 11 is 0. The van der Waals surface area contributed by atoms with E-state index in [1.54, 1.807) is 12.1 Å². The van der Waals surface area contributed by atoms with Gasteiger partial charge in [0, 0.05) is 5.69 Å². The van der Waals surface area contributed by atoms with E-state index in [0.717, 1.165) is 12.8 Å². The number of ether oxygens (including phenoxy) is 1. The number of carbonyl (C=O) groups is 2. The highest BCUT2D eigenvalue weighted by atomic mass is 32.2. The summed E-state index contributed by atoms with van der Waals surface area (Å²) in [5.41, 5.74) is -0.0828. The second-order valence-corrected chi connectivity index (χ2v) is 8.97. The van der Waals surface area contributed by atoms with Gasteiger partial charge in [0.25, 0.3) is 5.91 Å². The van der Waals surface area contributed by atoms with Gasteiger partial charge in [-0.1, -0.05) is 25.0 Å². The molecule has 160 valence electrons. The molecule has 0 bridgehead atoms. The quantitative estimate of drug-likeness (QED) is 0.679. The van der Waals surface area contributed by atoms with E-state index in [1.807, 2.05) is 0 Å². The molecule has 2 aromatic carbocycles. The maximum absolute atomic E-state index is 13.7. The van der Waals surface area contributed by atoms with Crippen molar-refractivity contribution in [2.75, 3.05) is 5.32 Å². The molecule has 2 aromatic rings. The second-order valence-electron chi connectivity index (χ2n) is 7.41. The van der Waals surface area contributed by atoms with Gasteiger partial charge in [-0.3, -0.25) is 9.59 Å². The third-order valence-electron chi connectivity index (χ3n) is 5.33. The van der Waals surface area contributed by atoms with Gasteiger partial charge in [-0.25, -0.2) is 17.9 Å². The fraction of sp³-hybridized carbons (Fsp3) is 0.333. The van der Waals surface area contributed by atoms with E-state index in [9.17, 15) is 22.4 Å². The highest BCUT2D eigenvalue weighted by Gasteiger charge is 2.45. The summed E-state index contributed by atoms with van der Waals surface area (Å²) in [6.45, 7) is 1.44. The first-order chi connectivity index (χ1) is 14.1. The maximum Gasteiger partial charge on any atom is 0.317 e. The van der Waals surface area contributed by atoms with Gasteiger partial charge in [0.1, 0.15) is 5.82 Å². The third kappa shape index (κ3) is 4.68. The molecular formula is C21H23FN2O5S. The Balaban J connectivity index is 1.70. The van der Waals surface area contributed by atoms with E-state index in [1.165, 1.54) is 43.3 Å². The number of rotatable bonds is 6. The Hall–Kier alpha value is -2.78. The number of nitrogens with one attached hydrogen (secondary N) is 1. The molecule has 1 unspecified atom stereocenters. The Labute approximate surface area is 174 Å². The first kappa shape index (κ1) is 21.9. The van der Waals surface area contributed by atoms with Crippen LogP contribution in [0.1, 0.15) is 38.2 Å². The van der Waals surface area contributed by atoms with Crippen LogP contribution in [0.5, 0.6) is 0 Å². The van der Waals surface area contributed by atoms with Crippen LogP contribution in [0.2, 0.25) is 0 Å².